The molecule has 0 unspecified atom stereocenters. The minimum absolute atomic E-state index is 0.271. The summed E-state index contributed by atoms with van der Waals surface area (Å²) in [5.74, 6) is 1.99. The molecule has 0 aliphatic rings. The number of benzene rings is 3. The number of hydrogen-bond acceptors (Lipinski definition) is 4. The lowest BCUT2D eigenvalue weighted by molar-refractivity contribution is 0.343. The molecular formula is C23H19BrFN3OS. The molecule has 0 amide bonds. The highest BCUT2D eigenvalue weighted by Gasteiger charge is 2.15. The monoisotopic (exact) mass is 483 g/mol. The molecule has 0 bridgehead atoms. The molecule has 0 radical (unpaired) electrons. The minimum atomic E-state index is -0.271. The Balaban J connectivity index is 1.50. The molecule has 30 heavy (non-hydrogen) atoms. The van der Waals surface area contributed by atoms with E-state index in [0.29, 0.717) is 19.0 Å². The van der Waals surface area contributed by atoms with E-state index in [9.17, 15) is 4.39 Å². The van der Waals surface area contributed by atoms with Crippen molar-refractivity contribution < 1.29 is 9.13 Å². The van der Waals surface area contributed by atoms with Crippen LogP contribution in [0.3, 0.4) is 0 Å². The quantitative estimate of drug-likeness (QED) is 0.225. The van der Waals surface area contributed by atoms with E-state index in [4.69, 9.17) is 4.74 Å². The van der Waals surface area contributed by atoms with E-state index in [2.05, 4.69) is 42.8 Å². The zero-order chi connectivity index (χ0) is 20.8. The van der Waals surface area contributed by atoms with Crippen LogP contribution in [-0.4, -0.2) is 27.1 Å². The molecule has 3 aromatic carbocycles. The molecule has 0 saturated heterocycles. The molecule has 0 N–H and O–H groups in total. The Morgan fingerprint density at radius 2 is 1.73 bits per heavy atom. The van der Waals surface area contributed by atoms with Gasteiger partial charge < -0.3 is 4.74 Å². The number of ether oxygens (including phenoxy) is 1. The van der Waals surface area contributed by atoms with Crippen LogP contribution in [0.1, 0.15) is 5.56 Å². The summed E-state index contributed by atoms with van der Waals surface area (Å²) in [5.41, 5.74) is 1.98. The second-order valence-corrected chi connectivity index (χ2v) is 8.52. The van der Waals surface area contributed by atoms with Crippen molar-refractivity contribution in [3.05, 3.63) is 94.7 Å². The van der Waals surface area contributed by atoms with Crippen molar-refractivity contribution in [3.8, 4) is 17.1 Å². The average Bonchev–Trinajstić information content (AvgIpc) is 3.15. The van der Waals surface area contributed by atoms with E-state index in [-0.39, 0.29) is 5.82 Å². The van der Waals surface area contributed by atoms with Crippen LogP contribution < -0.4 is 4.74 Å². The van der Waals surface area contributed by atoms with Crippen LogP contribution in [0.5, 0.6) is 5.75 Å². The second-order valence-electron chi connectivity index (χ2n) is 6.54. The molecule has 0 atom stereocenters. The molecule has 0 aliphatic heterocycles. The van der Waals surface area contributed by atoms with Crippen LogP contribution in [0.15, 0.2) is 88.5 Å². The van der Waals surface area contributed by atoms with Crippen molar-refractivity contribution in [1.82, 2.24) is 14.8 Å². The van der Waals surface area contributed by atoms with Crippen molar-refractivity contribution in [3.63, 3.8) is 0 Å². The average molecular weight is 484 g/mol. The van der Waals surface area contributed by atoms with E-state index in [0.717, 1.165) is 32.3 Å². The summed E-state index contributed by atoms with van der Waals surface area (Å²) >= 11 is 5.03. The number of halogens is 2. The molecule has 0 fully saturated rings. The third-order valence-corrected chi connectivity index (χ3v) is 5.81. The van der Waals surface area contributed by atoms with Crippen molar-refractivity contribution in [2.75, 3.05) is 12.4 Å². The van der Waals surface area contributed by atoms with Crippen LogP contribution in [0.4, 0.5) is 4.39 Å². The number of thioether (sulfide) groups is 1. The van der Waals surface area contributed by atoms with Crippen molar-refractivity contribution in [1.29, 1.82) is 0 Å². The first-order valence-electron chi connectivity index (χ1n) is 9.43. The van der Waals surface area contributed by atoms with Gasteiger partial charge in [-0.3, -0.25) is 4.57 Å². The number of hydrogen-bond donors (Lipinski definition) is 0. The lowest BCUT2D eigenvalue weighted by Gasteiger charge is -2.11. The first-order valence-corrected chi connectivity index (χ1v) is 11.2. The smallest absolute Gasteiger partial charge is 0.191 e. The highest BCUT2D eigenvalue weighted by atomic mass is 79.9. The van der Waals surface area contributed by atoms with E-state index in [1.54, 1.807) is 23.9 Å². The Kier molecular flexibility index (Phi) is 6.81. The van der Waals surface area contributed by atoms with Gasteiger partial charge in [-0.05, 0) is 48.0 Å². The molecule has 7 heteroatoms. The predicted octanol–water partition coefficient (Wildman–Crippen LogP) is 6.07. The highest BCUT2D eigenvalue weighted by Crippen LogP contribution is 2.26. The van der Waals surface area contributed by atoms with Gasteiger partial charge in [-0.2, -0.15) is 0 Å². The molecule has 0 saturated carbocycles. The van der Waals surface area contributed by atoms with Crippen LogP contribution in [-0.2, 0) is 6.54 Å². The van der Waals surface area contributed by atoms with Gasteiger partial charge in [0.25, 0.3) is 0 Å². The van der Waals surface area contributed by atoms with Gasteiger partial charge in [0.1, 0.15) is 11.6 Å². The fraction of sp³-hybridized carbons (Fsp3) is 0.130. The largest absolute Gasteiger partial charge is 0.493 e. The van der Waals surface area contributed by atoms with Gasteiger partial charge in [0.05, 0.1) is 13.2 Å². The SMILES string of the molecule is Fc1ccc(-c2nnc(SCCOc3cccc(Br)c3)n2Cc2ccccc2)cc1. The zero-order valence-corrected chi connectivity index (χ0v) is 18.4. The lowest BCUT2D eigenvalue weighted by atomic mass is 10.2. The van der Waals surface area contributed by atoms with Crippen LogP contribution in [0, 0.1) is 5.82 Å². The number of nitrogens with zero attached hydrogens (tertiary/aromatic N) is 3. The van der Waals surface area contributed by atoms with Gasteiger partial charge in [-0.25, -0.2) is 4.39 Å². The first kappa shape index (κ1) is 20.6. The number of rotatable bonds is 8. The molecule has 0 spiro atoms. The summed E-state index contributed by atoms with van der Waals surface area (Å²) in [6.45, 7) is 1.18. The predicted molar refractivity (Wildman–Crippen MR) is 121 cm³/mol. The maximum atomic E-state index is 13.4. The van der Waals surface area contributed by atoms with E-state index in [1.165, 1.54) is 12.1 Å². The Labute approximate surface area is 187 Å². The highest BCUT2D eigenvalue weighted by molar-refractivity contribution is 9.10. The second kappa shape index (κ2) is 9.91. The van der Waals surface area contributed by atoms with Gasteiger partial charge in [-0.1, -0.05) is 64.1 Å². The number of aromatic nitrogens is 3. The molecule has 4 nitrogen and oxygen atoms in total. The maximum absolute atomic E-state index is 13.4. The molecule has 1 aromatic heterocycles. The van der Waals surface area contributed by atoms with Gasteiger partial charge in [0.15, 0.2) is 11.0 Å². The Bertz CT molecular complexity index is 1100. The van der Waals surface area contributed by atoms with Gasteiger partial charge in [-0.15, -0.1) is 10.2 Å². The molecule has 152 valence electrons. The summed E-state index contributed by atoms with van der Waals surface area (Å²) in [6, 6.07) is 24.3. The third kappa shape index (κ3) is 5.29. The third-order valence-electron chi connectivity index (χ3n) is 4.38. The van der Waals surface area contributed by atoms with Gasteiger partial charge in [0.2, 0.25) is 0 Å². The van der Waals surface area contributed by atoms with Crippen LogP contribution in [0.25, 0.3) is 11.4 Å². The molecule has 1 heterocycles. The van der Waals surface area contributed by atoms with E-state index in [1.807, 2.05) is 42.5 Å². The summed E-state index contributed by atoms with van der Waals surface area (Å²) < 4.78 is 22.2. The van der Waals surface area contributed by atoms with E-state index >= 15 is 0 Å². The Hall–Kier alpha value is -2.64. The van der Waals surface area contributed by atoms with Crippen molar-refractivity contribution >= 4 is 27.7 Å². The normalized spacial score (nSPS) is 10.9. The van der Waals surface area contributed by atoms with Crippen LogP contribution in [0.2, 0.25) is 0 Å². The summed E-state index contributed by atoms with van der Waals surface area (Å²) in [7, 11) is 0. The molecule has 4 rings (SSSR count). The first-order chi connectivity index (χ1) is 14.7. The lowest BCUT2D eigenvalue weighted by Crippen LogP contribution is -2.06. The summed E-state index contributed by atoms with van der Waals surface area (Å²) in [5, 5.41) is 9.57. The van der Waals surface area contributed by atoms with Crippen molar-refractivity contribution in [2.45, 2.75) is 11.7 Å². The van der Waals surface area contributed by atoms with Gasteiger partial charge in [0, 0.05) is 15.8 Å². The summed E-state index contributed by atoms with van der Waals surface area (Å²) in [6.07, 6.45) is 0. The van der Waals surface area contributed by atoms with Gasteiger partial charge >= 0.3 is 0 Å². The van der Waals surface area contributed by atoms with Crippen molar-refractivity contribution in [2.24, 2.45) is 0 Å². The maximum Gasteiger partial charge on any atom is 0.191 e. The molecule has 0 aliphatic carbocycles. The van der Waals surface area contributed by atoms with Crippen LogP contribution >= 0.6 is 27.7 Å². The molecule has 4 aromatic rings. The zero-order valence-electron chi connectivity index (χ0n) is 16.0. The topological polar surface area (TPSA) is 39.9 Å². The minimum Gasteiger partial charge on any atom is -0.493 e. The fourth-order valence-corrected chi connectivity index (χ4v) is 4.10. The molecular weight excluding hydrogens is 465 g/mol. The Morgan fingerprint density at radius 1 is 0.933 bits per heavy atom. The fourth-order valence-electron chi connectivity index (χ4n) is 2.97. The summed E-state index contributed by atoms with van der Waals surface area (Å²) in [4.78, 5) is 0. The standard InChI is InChI=1S/C23H19BrFN3OS/c24-19-7-4-8-21(15-19)29-13-14-30-23-27-26-22(18-9-11-20(25)12-10-18)28(23)16-17-5-2-1-3-6-17/h1-12,15H,13-14,16H2. The Morgan fingerprint density at radius 3 is 2.50 bits per heavy atom. The van der Waals surface area contributed by atoms with E-state index < -0.39 is 0 Å².